The zero-order valence-corrected chi connectivity index (χ0v) is 13.1. The fourth-order valence-corrected chi connectivity index (χ4v) is 1.85. The Balaban J connectivity index is 0.000000303. The van der Waals surface area contributed by atoms with Crippen LogP contribution in [-0.4, -0.2) is 0 Å². The van der Waals surface area contributed by atoms with Gasteiger partial charge in [-0.1, -0.05) is 60.9 Å². The van der Waals surface area contributed by atoms with Crippen LogP contribution < -0.4 is 0 Å². The maximum atomic E-state index is 3.25. The van der Waals surface area contributed by atoms with Crippen molar-refractivity contribution in [3.05, 3.63) is 77.2 Å². The summed E-state index contributed by atoms with van der Waals surface area (Å²) >= 11 is 0. The molecule has 2 rings (SSSR count). The Morgan fingerprint density at radius 2 is 1.11 bits per heavy atom. The van der Waals surface area contributed by atoms with E-state index in [0.717, 1.165) is 0 Å². The second kappa shape index (κ2) is 9.38. The van der Waals surface area contributed by atoms with Gasteiger partial charge in [0.25, 0.3) is 0 Å². The zero-order chi connectivity index (χ0) is 14.8. The van der Waals surface area contributed by atoms with Gasteiger partial charge in [0.05, 0.1) is 0 Å². The Morgan fingerprint density at radius 1 is 0.684 bits per heavy atom. The molecule has 0 bridgehead atoms. The maximum Gasteiger partial charge on any atom is -0.0120 e. The fourth-order valence-electron chi connectivity index (χ4n) is 1.85. The lowest BCUT2D eigenvalue weighted by Crippen LogP contribution is -1.79. The Morgan fingerprint density at radius 3 is 1.37 bits per heavy atom. The van der Waals surface area contributed by atoms with E-state index in [2.05, 4.69) is 71.9 Å². The van der Waals surface area contributed by atoms with Crippen molar-refractivity contribution >= 4 is 0 Å². The molecule has 0 nitrogen and oxygen atoms in total. The Kier molecular flexibility index (Phi) is 8.61. The molecule has 2 aromatic rings. The van der Waals surface area contributed by atoms with E-state index in [9.17, 15) is 0 Å². The lowest BCUT2D eigenvalue weighted by atomic mass is 10.1. The third-order valence-electron chi connectivity index (χ3n) is 2.36. The molecule has 0 aliphatic heterocycles. The van der Waals surface area contributed by atoms with Crippen molar-refractivity contribution in [2.45, 2.75) is 41.5 Å². The molecule has 0 heterocycles. The minimum Gasteiger partial charge on any atom is -0.0654 e. The van der Waals surface area contributed by atoms with Crippen LogP contribution in [0.4, 0.5) is 0 Å². The molecule has 0 amide bonds. The van der Waals surface area contributed by atoms with Crippen LogP contribution in [-0.2, 0) is 0 Å². The zero-order valence-electron chi connectivity index (χ0n) is 13.1. The predicted molar refractivity (Wildman–Crippen MR) is 85.3 cm³/mol. The standard InChI is InChI=1S/C9H11.C8H9.C2H5/c1-7-4-8(2)6-9(3)5-7;1-7-4-3-5-8(2)6-7;1-2/h4-5H,1-3H3;4-6H,1-2H3;1H2,2H3. The molecule has 0 aromatic heterocycles. The molecule has 101 valence electrons. The largest absolute Gasteiger partial charge is 0.0654 e. The number of benzene rings is 2. The summed E-state index contributed by atoms with van der Waals surface area (Å²) in [5.41, 5.74) is 6.35. The van der Waals surface area contributed by atoms with Crippen molar-refractivity contribution in [3.63, 3.8) is 0 Å². The molecule has 0 spiro atoms. The molecule has 19 heavy (non-hydrogen) atoms. The molecule has 2 aromatic carbocycles. The smallest absolute Gasteiger partial charge is 0.0120 e. The monoisotopic (exact) mass is 253 g/mol. The topological polar surface area (TPSA) is 0 Å². The molecule has 0 heteroatoms. The lowest BCUT2D eigenvalue weighted by molar-refractivity contribution is 1.31. The van der Waals surface area contributed by atoms with E-state index in [1.807, 2.05) is 12.1 Å². The third-order valence-corrected chi connectivity index (χ3v) is 2.36. The minimum absolute atomic E-state index is 1.23. The van der Waals surface area contributed by atoms with Crippen molar-refractivity contribution in [3.8, 4) is 0 Å². The molecule has 0 N–H and O–H groups in total. The average Bonchev–Trinajstić information content (AvgIpc) is 2.30. The molecule has 0 saturated carbocycles. The maximum absolute atomic E-state index is 3.25. The Labute approximate surface area is 119 Å². The average molecular weight is 253 g/mol. The van der Waals surface area contributed by atoms with Gasteiger partial charge in [-0.15, -0.1) is 0 Å². The normalized spacial score (nSPS) is 8.79. The first-order chi connectivity index (χ1) is 8.97. The van der Waals surface area contributed by atoms with Crippen LogP contribution in [0.5, 0.6) is 0 Å². The van der Waals surface area contributed by atoms with E-state index in [1.165, 1.54) is 27.8 Å². The highest BCUT2D eigenvalue weighted by molar-refractivity contribution is 5.25. The van der Waals surface area contributed by atoms with Crippen LogP contribution in [0.15, 0.2) is 30.3 Å². The summed E-state index contributed by atoms with van der Waals surface area (Å²) in [6, 6.07) is 16.6. The van der Waals surface area contributed by atoms with Crippen molar-refractivity contribution in [2.75, 3.05) is 0 Å². The van der Waals surface area contributed by atoms with Gasteiger partial charge in [-0.25, -0.2) is 0 Å². The second-order valence-electron chi connectivity index (χ2n) is 4.61. The SMILES string of the molecule is Cc1[c]c(C)cc(C)c1.Cc1c[c]cc(C)c1.[CH2]C. The Bertz CT molecular complexity index is 413. The molecule has 0 aliphatic rings. The van der Waals surface area contributed by atoms with Crippen molar-refractivity contribution in [2.24, 2.45) is 0 Å². The molecular formula is C19H25. The summed E-state index contributed by atoms with van der Waals surface area (Å²) in [6.45, 7) is 15.4. The van der Waals surface area contributed by atoms with Crippen LogP contribution in [0.3, 0.4) is 0 Å². The van der Waals surface area contributed by atoms with E-state index in [-0.39, 0.29) is 0 Å². The van der Waals surface area contributed by atoms with Crippen molar-refractivity contribution in [1.82, 2.24) is 0 Å². The summed E-state index contributed by atoms with van der Waals surface area (Å²) < 4.78 is 0. The summed E-state index contributed by atoms with van der Waals surface area (Å²) in [5, 5.41) is 0. The highest BCUT2D eigenvalue weighted by Gasteiger charge is 1.88. The number of hydrogen-bond acceptors (Lipinski definition) is 0. The second-order valence-corrected chi connectivity index (χ2v) is 4.61. The first kappa shape index (κ1) is 17.4. The summed E-state index contributed by atoms with van der Waals surface area (Å²) in [6.07, 6.45) is 0. The number of rotatable bonds is 0. The van der Waals surface area contributed by atoms with Crippen LogP contribution in [0.25, 0.3) is 0 Å². The molecule has 3 radical (unpaired) electrons. The minimum atomic E-state index is 1.23. The van der Waals surface area contributed by atoms with E-state index in [0.29, 0.717) is 0 Å². The van der Waals surface area contributed by atoms with Gasteiger partial charge in [-0.3, -0.25) is 0 Å². The highest BCUT2D eigenvalue weighted by Crippen LogP contribution is 2.05. The van der Waals surface area contributed by atoms with E-state index >= 15 is 0 Å². The highest BCUT2D eigenvalue weighted by atomic mass is 13.9. The fraction of sp³-hybridized carbons (Fsp3) is 0.316. The third kappa shape index (κ3) is 8.20. The van der Waals surface area contributed by atoms with Gasteiger partial charge in [0, 0.05) is 0 Å². The molecule has 0 saturated heterocycles. The predicted octanol–water partition coefficient (Wildman–Crippen LogP) is 5.36. The quantitative estimate of drug-likeness (QED) is 0.593. The van der Waals surface area contributed by atoms with Gasteiger partial charge in [-0.05, 0) is 57.9 Å². The van der Waals surface area contributed by atoms with Crippen LogP contribution in [0.2, 0.25) is 0 Å². The first-order valence-corrected chi connectivity index (χ1v) is 6.59. The van der Waals surface area contributed by atoms with Gasteiger partial charge in [-0.2, -0.15) is 0 Å². The summed E-state index contributed by atoms with van der Waals surface area (Å²) in [4.78, 5) is 0. The molecule has 0 aliphatic carbocycles. The van der Waals surface area contributed by atoms with E-state index in [1.54, 1.807) is 6.92 Å². The van der Waals surface area contributed by atoms with Crippen LogP contribution in [0.1, 0.15) is 34.7 Å². The van der Waals surface area contributed by atoms with Crippen molar-refractivity contribution in [1.29, 1.82) is 0 Å². The van der Waals surface area contributed by atoms with Crippen LogP contribution >= 0.6 is 0 Å². The van der Waals surface area contributed by atoms with Crippen molar-refractivity contribution < 1.29 is 0 Å². The molecule has 0 fully saturated rings. The Hall–Kier alpha value is -1.56. The summed E-state index contributed by atoms with van der Waals surface area (Å²) in [7, 11) is 0. The van der Waals surface area contributed by atoms with Gasteiger partial charge >= 0.3 is 0 Å². The number of hydrogen-bond donors (Lipinski definition) is 0. The molecule has 0 atom stereocenters. The van der Waals surface area contributed by atoms with Gasteiger partial charge in [0.2, 0.25) is 0 Å². The lowest BCUT2D eigenvalue weighted by Gasteiger charge is -1.96. The molecular weight excluding hydrogens is 228 g/mol. The first-order valence-electron chi connectivity index (χ1n) is 6.59. The number of aryl methyl sites for hydroxylation is 5. The van der Waals surface area contributed by atoms with Gasteiger partial charge < -0.3 is 0 Å². The van der Waals surface area contributed by atoms with Gasteiger partial charge in [0.15, 0.2) is 0 Å². The van der Waals surface area contributed by atoms with E-state index < -0.39 is 0 Å². The van der Waals surface area contributed by atoms with E-state index in [4.69, 9.17) is 0 Å². The van der Waals surface area contributed by atoms with Gasteiger partial charge in [0.1, 0.15) is 0 Å². The summed E-state index contributed by atoms with van der Waals surface area (Å²) in [5.74, 6) is 0. The molecule has 0 unspecified atom stereocenters. The van der Waals surface area contributed by atoms with Crippen LogP contribution in [0, 0.1) is 53.7 Å².